The van der Waals surface area contributed by atoms with Gasteiger partial charge in [-0.05, 0) is 37.4 Å². The number of likely N-dealkylation sites (tertiary alicyclic amines) is 1. The fraction of sp³-hybridized carbons (Fsp3) is 0.389. The van der Waals surface area contributed by atoms with Crippen molar-refractivity contribution in [3.8, 4) is 6.01 Å². The number of hydrogen-bond acceptors (Lipinski definition) is 6. The van der Waals surface area contributed by atoms with E-state index >= 15 is 0 Å². The van der Waals surface area contributed by atoms with Gasteiger partial charge in [0.2, 0.25) is 0 Å². The molecule has 3 rings (SSSR count). The van der Waals surface area contributed by atoms with E-state index in [-0.39, 0.29) is 0 Å². The summed E-state index contributed by atoms with van der Waals surface area (Å²) >= 11 is 0. The van der Waals surface area contributed by atoms with Crippen molar-refractivity contribution in [3.63, 3.8) is 0 Å². The summed E-state index contributed by atoms with van der Waals surface area (Å²) in [5.74, 6) is 0.541. The molecular weight excluding hydrogens is 304 g/mol. The van der Waals surface area contributed by atoms with E-state index in [1.165, 1.54) is 11.8 Å². The minimum Gasteiger partial charge on any atom is -0.463 e. The molecule has 1 aliphatic heterocycles. The number of benzene rings is 1. The van der Waals surface area contributed by atoms with E-state index in [0.717, 1.165) is 32.5 Å². The summed E-state index contributed by atoms with van der Waals surface area (Å²) in [4.78, 5) is 10.7. The molecule has 126 valence electrons. The second-order valence-corrected chi connectivity index (χ2v) is 6.06. The SMILES string of the molecule is ON=Cc1cnc(OCC2CCN(Cc3ccccc3)CC2)nc1. The van der Waals surface area contributed by atoms with Crippen molar-refractivity contribution in [2.24, 2.45) is 11.1 Å². The first kappa shape index (κ1) is 16.4. The summed E-state index contributed by atoms with van der Waals surface area (Å²) in [5.41, 5.74) is 2.01. The normalized spacial score (nSPS) is 16.5. The summed E-state index contributed by atoms with van der Waals surface area (Å²) < 4.78 is 5.68. The van der Waals surface area contributed by atoms with Crippen molar-refractivity contribution in [2.75, 3.05) is 19.7 Å². The first-order valence-corrected chi connectivity index (χ1v) is 8.22. The van der Waals surface area contributed by atoms with Crippen LogP contribution >= 0.6 is 0 Å². The van der Waals surface area contributed by atoms with E-state index in [2.05, 4.69) is 50.4 Å². The van der Waals surface area contributed by atoms with E-state index in [0.29, 0.717) is 24.1 Å². The molecule has 0 saturated carbocycles. The Kier molecular flexibility index (Phi) is 5.74. The highest BCUT2D eigenvalue weighted by atomic mass is 16.5. The largest absolute Gasteiger partial charge is 0.463 e. The van der Waals surface area contributed by atoms with Gasteiger partial charge in [0.15, 0.2) is 0 Å². The molecule has 0 atom stereocenters. The van der Waals surface area contributed by atoms with Crippen molar-refractivity contribution in [1.82, 2.24) is 14.9 Å². The van der Waals surface area contributed by atoms with Gasteiger partial charge in [-0.15, -0.1) is 0 Å². The van der Waals surface area contributed by atoms with Crippen LogP contribution in [-0.4, -0.2) is 46.0 Å². The lowest BCUT2D eigenvalue weighted by Gasteiger charge is -2.31. The average molecular weight is 326 g/mol. The fourth-order valence-corrected chi connectivity index (χ4v) is 2.88. The zero-order chi connectivity index (χ0) is 16.6. The van der Waals surface area contributed by atoms with Gasteiger partial charge >= 0.3 is 6.01 Å². The number of oxime groups is 1. The van der Waals surface area contributed by atoms with Crippen LogP contribution in [0.4, 0.5) is 0 Å². The van der Waals surface area contributed by atoms with E-state index in [9.17, 15) is 0 Å². The number of piperidine rings is 1. The van der Waals surface area contributed by atoms with E-state index in [1.54, 1.807) is 12.4 Å². The van der Waals surface area contributed by atoms with Gasteiger partial charge in [-0.25, -0.2) is 9.97 Å². The molecule has 1 aromatic carbocycles. The summed E-state index contributed by atoms with van der Waals surface area (Å²) in [5, 5.41) is 11.4. The summed E-state index contributed by atoms with van der Waals surface area (Å²) in [7, 11) is 0. The Bertz CT molecular complexity index is 638. The van der Waals surface area contributed by atoms with Gasteiger partial charge in [-0.1, -0.05) is 35.5 Å². The predicted octanol–water partition coefficient (Wildman–Crippen LogP) is 2.58. The van der Waals surface area contributed by atoms with Crippen LogP contribution in [0.2, 0.25) is 0 Å². The van der Waals surface area contributed by atoms with E-state index in [4.69, 9.17) is 9.94 Å². The van der Waals surface area contributed by atoms with Gasteiger partial charge in [0.1, 0.15) is 0 Å². The number of hydrogen-bond donors (Lipinski definition) is 1. The molecule has 0 amide bonds. The van der Waals surface area contributed by atoms with Crippen molar-refractivity contribution < 1.29 is 9.94 Å². The topological polar surface area (TPSA) is 70.8 Å². The van der Waals surface area contributed by atoms with Gasteiger partial charge in [-0.3, -0.25) is 4.90 Å². The van der Waals surface area contributed by atoms with Crippen LogP contribution in [0.5, 0.6) is 6.01 Å². The Morgan fingerprint density at radius 3 is 2.54 bits per heavy atom. The summed E-state index contributed by atoms with van der Waals surface area (Å²) in [6, 6.07) is 11.0. The molecule has 1 N–H and O–H groups in total. The van der Waals surface area contributed by atoms with Crippen LogP contribution in [0.15, 0.2) is 47.9 Å². The zero-order valence-electron chi connectivity index (χ0n) is 13.6. The lowest BCUT2D eigenvalue weighted by molar-refractivity contribution is 0.132. The van der Waals surface area contributed by atoms with Gasteiger partial charge in [0, 0.05) is 24.5 Å². The number of ether oxygens (including phenoxy) is 1. The molecule has 6 nitrogen and oxygen atoms in total. The Morgan fingerprint density at radius 2 is 1.88 bits per heavy atom. The van der Waals surface area contributed by atoms with Crippen molar-refractivity contribution in [3.05, 3.63) is 53.9 Å². The fourth-order valence-electron chi connectivity index (χ4n) is 2.88. The highest BCUT2D eigenvalue weighted by Gasteiger charge is 2.20. The van der Waals surface area contributed by atoms with Crippen LogP contribution in [0, 0.1) is 5.92 Å². The van der Waals surface area contributed by atoms with E-state index in [1.807, 2.05) is 0 Å². The third-order valence-electron chi connectivity index (χ3n) is 4.26. The summed E-state index contributed by atoms with van der Waals surface area (Å²) in [6.07, 6.45) is 6.69. The quantitative estimate of drug-likeness (QED) is 0.502. The van der Waals surface area contributed by atoms with Gasteiger partial charge in [-0.2, -0.15) is 0 Å². The highest BCUT2D eigenvalue weighted by Crippen LogP contribution is 2.19. The average Bonchev–Trinajstić information content (AvgIpc) is 2.63. The second kappa shape index (κ2) is 8.40. The molecule has 1 aliphatic rings. The minimum absolute atomic E-state index is 0.372. The molecule has 2 heterocycles. The predicted molar refractivity (Wildman–Crippen MR) is 91.4 cm³/mol. The number of aromatic nitrogens is 2. The molecule has 0 bridgehead atoms. The molecule has 0 aliphatic carbocycles. The number of rotatable bonds is 6. The van der Waals surface area contributed by atoms with Gasteiger partial charge in [0.05, 0.1) is 12.8 Å². The smallest absolute Gasteiger partial charge is 0.316 e. The first-order valence-electron chi connectivity index (χ1n) is 8.22. The molecule has 1 fully saturated rings. The highest BCUT2D eigenvalue weighted by molar-refractivity contribution is 5.77. The maximum Gasteiger partial charge on any atom is 0.316 e. The van der Waals surface area contributed by atoms with Crippen LogP contribution in [0.25, 0.3) is 0 Å². The molecule has 24 heavy (non-hydrogen) atoms. The van der Waals surface area contributed by atoms with Crippen molar-refractivity contribution in [1.29, 1.82) is 0 Å². The molecule has 1 aromatic heterocycles. The number of nitrogens with zero attached hydrogens (tertiary/aromatic N) is 4. The lowest BCUT2D eigenvalue weighted by atomic mass is 9.97. The molecule has 2 aromatic rings. The van der Waals surface area contributed by atoms with Gasteiger partial charge in [0.25, 0.3) is 0 Å². The standard InChI is InChI=1S/C18H22N4O2/c23-21-12-17-10-19-18(20-11-17)24-14-16-6-8-22(9-7-16)13-15-4-2-1-3-5-15/h1-5,10-12,16,23H,6-9,13-14H2. The molecule has 0 radical (unpaired) electrons. The van der Waals surface area contributed by atoms with Crippen LogP contribution in [-0.2, 0) is 6.54 Å². The van der Waals surface area contributed by atoms with Crippen molar-refractivity contribution in [2.45, 2.75) is 19.4 Å². The van der Waals surface area contributed by atoms with Crippen molar-refractivity contribution >= 4 is 6.21 Å². The first-order chi connectivity index (χ1) is 11.8. The van der Waals surface area contributed by atoms with Gasteiger partial charge < -0.3 is 9.94 Å². The molecular formula is C18H22N4O2. The third kappa shape index (κ3) is 4.76. The van der Waals surface area contributed by atoms with E-state index < -0.39 is 0 Å². The van der Waals surface area contributed by atoms with Crippen LogP contribution < -0.4 is 4.74 Å². The zero-order valence-corrected chi connectivity index (χ0v) is 13.6. The maximum absolute atomic E-state index is 8.46. The van der Waals surface area contributed by atoms with Crippen LogP contribution in [0.3, 0.4) is 0 Å². The monoisotopic (exact) mass is 326 g/mol. The molecule has 0 unspecified atom stereocenters. The lowest BCUT2D eigenvalue weighted by Crippen LogP contribution is -2.35. The Hall–Kier alpha value is -2.47. The Balaban J connectivity index is 1.40. The Morgan fingerprint density at radius 1 is 1.17 bits per heavy atom. The molecule has 1 saturated heterocycles. The minimum atomic E-state index is 0.372. The third-order valence-corrected chi connectivity index (χ3v) is 4.26. The molecule has 0 spiro atoms. The molecule has 6 heteroatoms. The maximum atomic E-state index is 8.46. The Labute approximate surface area is 141 Å². The summed E-state index contributed by atoms with van der Waals surface area (Å²) in [6.45, 7) is 3.85. The van der Waals surface area contributed by atoms with Crippen LogP contribution in [0.1, 0.15) is 24.0 Å². The second-order valence-electron chi connectivity index (χ2n) is 6.06.